The Morgan fingerprint density at radius 1 is 1.29 bits per heavy atom. The van der Waals surface area contributed by atoms with E-state index in [9.17, 15) is 9.65 Å². The maximum Gasteiger partial charge on any atom is 0.226 e. The molecule has 2 aliphatic rings. The maximum absolute atomic E-state index is 16.5. The van der Waals surface area contributed by atoms with E-state index in [0.717, 1.165) is 42.6 Å². The normalized spacial score (nSPS) is 17.2. The Bertz CT molecular complexity index is 1620. The second kappa shape index (κ2) is 9.67. The predicted molar refractivity (Wildman–Crippen MR) is 141 cm³/mol. The molecule has 0 aliphatic carbocycles. The van der Waals surface area contributed by atoms with Crippen LogP contribution in [0.5, 0.6) is 0 Å². The lowest BCUT2D eigenvalue weighted by molar-refractivity contribution is 0.135. The number of thiophene rings is 1. The molecule has 12 heteroatoms. The van der Waals surface area contributed by atoms with Crippen LogP contribution in [-0.4, -0.2) is 66.3 Å². The highest BCUT2D eigenvalue weighted by atomic mass is 32.1. The van der Waals surface area contributed by atoms with Crippen LogP contribution in [0, 0.1) is 23.0 Å². The van der Waals surface area contributed by atoms with Gasteiger partial charge in [0.1, 0.15) is 16.6 Å². The van der Waals surface area contributed by atoms with E-state index in [-0.39, 0.29) is 50.6 Å². The van der Waals surface area contributed by atoms with Gasteiger partial charge in [0.25, 0.3) is 0 Å². The van der Waals surface area contributed by atoms with Crippen molar-refractivity contribution in [3.05, 3.63) is 40.7 Å². The average Bonchev–Trinajstić information content (AvgIpc) is 3.67. The Kier molecular flexibility index (Phi) is 6.31. The molecule has 196 valence electrons. The molecule has 2 aliphatic heterocycles. The van der Waals surface area contributed by atoms with Crippen molar-refractivity contribution >= 4 is 43.3 Å². The van der Waals surface area contributed by atoms with Crippen LogP contribution >= 0.6 is 11.3 Å². The number of likely N-dealkylation sites (N-methyl/N-ethyl adjacent to an activating group) is 1. The highest BCUT2D eigenvalue weighted by molar-refractivity contribution is 7.23. The molecule has 0 saturated carbocycles. The second-order valence-corrected chi connectivity index (χ2v) is 10.6. The molecule has 1 aromatic carbocycles. The summed E-state index contributed by atoms with van der Waals surface area (Å²) >= 11 is 0.951. The van der Waals surface area contributed by atoms with Crippen molar-refractivity contribution < 1.29 is 18.3 Å². The summed E-state index contributed by atoms with van der Waals surface area (Å²) in [6, 6.07) is 2.34. The Morgan fingerprint density at radius 3 is 2.89 bits per heavy atom. The average molecular weight is 538 g/mol. The first kappa shape index (κ1) is 24.8. The van der Waals surface area contributed by atoms with Gasteiger partial charge >= 0.3 is 0 Å². The van der Waals surface area contributed by atoms with Gasteiger partial charge in [-0.2, -0.15) is 5.26 Å². The molecule has 38 heavy (non-hydrogen) atoms. The SMILES string of the molecule is COCCN(C)[C@H]1CCN(c2ncc3c4c(c(-c5ncc(F)c6sc(N)c(C#N)c56)c(F)c3n2)COC4)C1. The standard InChI is InChI=1S/C26H25F2N7O2S/c1-34(5-6-36-2)13-3-4-35(10-13)26-32-8-15-16-11-37-12-17(16)19(21(28)22(15)33-26)23-20-14(7-29)25(30)38-24(20)18(27)9-31-23/h8-9,13H,3-6,10-12,30H2,1-2H3/t13-/m0/s1. The van der Waals surface area contributed by atoms with E-state index in [2.05, 4.69) is 31.8 Å². The van der Waals surface area contributed by atoms with Gasteiger partial charge in [-0.3, -0.25) is 9.88 Å². The summed E-state index contributed by atoms with van der Waals surface area (Å²) in [6.07, 6.45) is 3.62. The first-order valence-electron chi connectivity index (χ1n) is 12.2. The lowest BCUT2D eigenvalue weighted by atomic mass is 9.94. The molecular formula is C26H25F2N7O2S. The number of rotatable bonds is 6. The minimum absolute atomic E-state index is 0.0863. The topological polar surface area (TPSA) is 113 Å². The lowest BCUT2D eigenvalue weighted by Crippen LogP contribution is -2.36. The lowest BCUT2D eigenvalue weighted by Gasteiger charge is -2.24. The van der Waals surface area contributed by atoms with Gasteiger partial charge in [-0.1, -0.05) is 0 Å². The summed E-state index contributed by atoms with van der Waals surface area (Å²) in [6.45, 7) is 3.34. The van der Waals surface area contributed by atoms with Crippen molar-refractivity contribution in [2.75, 3.05) is 51.0 Å². The number of nitriles is 1. The molecule has 1 fully saturated rings. The maximum atomic E-state index is 16.5. The van der Waals surface area contributed by atoms with Crippen molar-refractivity contribution in [3.63, 3.8) is 0 Å². The molecule has 0 unspecified atom stereocenters. The molecular weight excluding hydrogens is 512 g/mol. The number of hydrogen-bond acceptors (Lipinski definition) is 10. The van der Waals surface area contributed by atoms with Gasteiger partial charge in [0.05, 0.1) is 42.0 Å². The van der Waals surface area contributed by atoms with E-state index in [1.54, 1.807) is 13.3 Å². The molecule has 9 nitrogen and oxygen atoms in total. The molecule has 2 N–H and O–H groups in total. The van der Waals surface area contributed by atoms with Gasteiger partial charge in [0.15, 0.2) is 11.6 Å². The molecule has 5 heterocycles. The number of ether oxygens (including phenoxy) is 2. The van der Waals surface area contributed by atoms with Crippen molar-refractivity contribution in [1.82, 2.24) is 19.9 Å². The minimum atomic E-state index is -0.611. The quantitative estimate of drug-likeness (QED) is 0.392. The predicted octanol–water partition coefficient (Wildman–Crippen LogP) is 3.83. The van der Waals surface area contributed by atoms with Crippen LogP contribution in [0.25, 0.3) is 32.2 Å². The molecule has 0 spiro atoms. The monoisotopic (exact) mass is 537 g/mol. The van der Waals surface area contributed by atoms with Crippen LogP contribution < -0.4 is 10.6 Å². The Balaban J connectivity index is 1.49. The molecule has 0 amide bonds. The van der Waals surface area contributed by atoms with E-state index >= 15 is 4.39 Å². The highest BCUT2D eigenvalue weighted by Crippen LogP contribution is 2.45. The van der Waals surface area contributed by atoms with Gasteiger partial charge in [0.2, 0.25) is 5.95 Å². The van der Waals surface area contributed by atoms with Crippen LogP contribution in [0.1, 0.15) is 23.1 Å². The zero-order valence-corrected chi connectivity index (χ0v) is 21.7. The molecule has 1 atom stereocenters. The van der Waals surface area contributed by atoms with Gasteiger partial charge in [-0.15, -0.1) is 11.3 Å². The first-order valence-corrected chi connectivity index (χ1v) is 13.0. The summed E-state index contributed by atoms with van der Waals surface area (Å²) in [5, 5.41) is 10.7. The van der Waals surface area contributed by atoms with Crippen LogP contribution in [0.3, 0.4) is 0 Å². The van der Waals surface area contributed by atoms with Gasteiger partial charge < -0.3 is 20.1 Å². The number of fused-ring (bicyclic) bond motifs is 4. The highest BCUT2D eigenvalue weighted by Gasteiger charge is 2.31. The molecule has 0 bridgehead atoms. The Morgan fingerprint density at radius 2 is 2.11 bits per heavy atom. The van der Waals surface area contributed by atoms with Crippen molar-refractivity contribution in [2.45, 2.75) is 25.7 Å². The fourth-order valence-electron chi connectivity index (χ4n) is 5.39. The summed E-state index contributed by atoms with van der Waals surface area (Å²) in [5.74, 6) is -0.770. The minimum Gasteiger partial charge on any atom is -0.389 e. The number of pyridine rings is 1. The number of anilines is 2. The number of hydrogen-bond donors (Lipinski definition) is 1. The molecule has 6 rings (SSSR count). The van der Waals surface area contributed by atoms with E-state index in [1.165, 1.54) is 0 Å². The fourth-order valence-corrected chi connectivity index (χ4v) is 6.31. The number of nitrogens with two attached hydrogens (primary N) is 1. The van der Waals surface area contributed by atoms with E-state index in [1.807, 2.05) is 6.07 Å². The number of halogens is 2. The Hall–Kier alpha value is -3.50. The van der Waals surface area contributed by atoms with E-state index in [0.29, 0.717) is 36.1 Å². The smallest absolute Gasteiger partial charge is 0.226 e. The first-order chi connectivity index (χ1) is 18.4. The largest absolute Gasteiger partial charge is 0.389 e. The molecule has 3 aromatic heterocycles. The zero-order valence-electron chi connectivity index (χ0n) is 20.9. The third-order valence-electron chi connectivity index (χ3n) is 7.45. The summed E-state index contributed by atoms with van der Waals surface area (Å²) in [7, 11) is 3.75. The van der Waals surface area contributed by atoms with Crippen LogP contribution in [0.15, 0.2) is 12.4 Å². The third kappa shape index (κ3) is 3.85. The van der Waals surface area contributed by atoms with Crippen molar-refractivity contribution in [1.29, 1.82) is 5.26 Å². The number of nitrogen functional groups attached to an aromatic ring is 1. The van der Waals surface area contributed by atoms with Crippen LogP contribution in [0.4, 0.5) is 19.7 Å². The van der Waals surface area contributed by atoms with E-state index in [4.69, 9.17) is 15.2 Å². The second-order valence-electron chi connectivity index (χ2n) is 9.55. The van der Waals surface area contributed by atoms with Crippen LogP contribution in [0.2, 0.25) is 0 Å². The summed E-state index contributed by atoms with van der Waals surface area (Å²) < 4.78 is 42.2. The Labute approximate surface area is 221 Å². The zero-order chi connectivity index (χ0) is 26.6. The number of benzene rings is 1. The van der Waals surface area contributed by atoms with E-state index < -0.39 is 11.6 Å². The summed E-state index contributed by atoms with van der Waals surface area (Å²) in [4.78, 5) is 17.8. The molecule has 0 radical (unpaired) electrons. The molecule has 4 aromatic rings. The third-order valence-corrected chi connectivity index (χ3v) is 8.48. The number of nitrogens with zero attached hydrogens (tertiary/aromatic N) is 6. The number of aromatic nitrogens is 3. The van der Waals surface area contributed by atoms with Gasteiger partial charge in [-0.25, -0.2) is 18.7 Å². The van der Waals surface area contributed by atoms with Gasteiger partial charge in [-0.05, 0) is 24.6 Å². The summed E-state index contributed by atoms with van der Waals surface area (Å²) in [5.41, 5.74) is 7.93. The van der Waals surface area contributed by atoms with Crippen molar-refractivity contribution in [2.24, 2.45) is 0 Å². The fraction of sp³-hybridized carbons (Fsp3) is 0.385. The van der Waals surface area contributed by atoms with Gasteiger partial charge in [0, 0.05) is 55.3 Å². The number of methoxy groups -OCH3 is 1. The molecule has 1 saturated heterocycles. The van der Waals surface area contributed by atoms with Crippen LogP contribution in [-0.2, 0) is 22.7 Å². The van der Waals surface area contributed by atoms with Crippen molar-refractivity contribution in [3.8, 4) is 17.3 Å².